The fraction of sp³-hybridized carbons (Fsp3) is 0. The molecular formula is C16H8O10. The maximum atomic E-state index is 12.2. The average molecular weight is 360 g/mol. The molecule has 26 heavy (non-hydrogen) atoms. The van der Waals surface area contributed by atoms with E-state index in [2.05, 4.69) is 0 Å². The first kappa shape index (κ1) is 16.8. The van der Waals surface area contributed by atoms with E-state index in [1.807, 2.05) is 0 Å². The van der Waals surface area contributed by atoms with E-state index < -0.39 is 72.8 Å². The molecule has 0 spiro atoms. The van der Waals surface area contributed by atoms with Crippen LogP contribution >= 0.6 is 0 Å². The van der Waals surface area contributed by atoms with Gasteiger partial charge in [0.05, 0.1) is 16.3 Å². The summed E-state index contributed by atoms with van der Waals surface area (Å²) in [5.41, 5.74) is -3.84. The van der Waals surface area contributed by atoms with Crippen LogP contribution in [-0.4, -0.2) is 37.5 Å². The van der Waals surface area contributed by atoms with Gasteiger partial charge in [-0.25, -0.2) is 9.59 Å². The molecule has 132 valence electrons. The number of aliphatic carboxylic acids is 1. The number of aliphatic hydroxyl groups is 1. The summed E-state index contributed by atoms with van der Waals surface area (Å²) in [7, 11) is 0. The molecule has 0 fully saturated rings. The minimum atomic E-state index is -1.88. The molecule has 1 heterocycles. The van der Waals surface area contributed by atoms with Crippen molar-refractivity contribution in [3.8, 4) is 11.5 Å². The van der Waals surface area contributed by atoms with Crippen molar-refractivity contribution in [2.45, 2.75) is 0 Å². The third kappa shape index (κ3) is 2.28. The number of carbonyl (C=O) groups is 2. The number of aliphatic hydroxyl groups excluding tert-OH is 1. The van der Waals surface area contributed by atoms with Crippen LogP contribution in [0.5, 0.6) is 11.5 Å². The van der Waals surface area contributed by atoms with Gasteiger partial charge < -0.3 is 29.9 Å². The Morgan fingerprint density at radius 1 is 0.885 bits per heavy atom. The molecule has 0 amide bonds. The summed E-state index contributed by atoms with van der Waals surface area (Å²) in [5.74, 6) is -6.71. The van der Waals surface area contributed by atoms with Crippen LogP contribution < -0.4 is 16.1 Å². The van der Waals surface area contributed by atoms with Gasteiger partial charge >= 0.3 is 11.9 Å². The zero-order valence-electron chi connectivity index (χ0n) is 12.5. The van der Waals surface area contributed by atoms with Crippen LogP contribution in [0, 0.1) is 0 Å². The molecule has 0 aliphatic rings. The Morgan fingerprint density at radius 2 is 1.54 bits per heavy atom. The van der Waals surface area contributed by atoms with Crippen molar-refractivity contribution >= 4 is 39.6 Å². The molecule has 10 heteroatoms. The number of hydrogen-bond acceptors (Lipinski definition) is 8. The van der Waals surface area contributed by atoms with Gasteiger partial charge in [0, 0.05) is 18.2 Å². The highest BCUT2D eigenvalue weighted by molar-refractivity contribution is 6.15. The van der Waals surface area contributed by atoms with Crippen molar-refractivity contribution in [3.63, 3.8) is 0 Å². The third-order valence-corrected chi connectivity index (χ3v) is 3.64. The maximum Gasteiger partial charge on any atom is 0.371 e. The lowest BCUT2D eigenvalue weighted by Gasteiger charge is -2.09. The quantitative estimate of drug-likeness (QED) is 0.386. The van der Waals surface area contributed by atoms with Gasteiger partial charge in [-0.05, 0) is 0 Å². The molecule has 5 N–H and O–H groups in total. The number of phenols is 2. The van der Waals surface area contributed by atoms with Crippen LogP contribution in [0.25, 0.3) is 27.7 Å². The lowest BCUT2D eigenvalue weighted by Crippen LogP contribution is -2.20. The normalized spacial score (nSPS) is 12.3. The molecule has 0 atom stereocenters. The Morgan fingerprint density at radius 3 is 2.12 bits per heavy atom. The second-order valence-corrected chi connectivity index (χ2v) is 5.22. The van der Waals surface area contributed by atoms with Gasteiger partial charge in [-0.2, -0.15) is 0 Å². The van der Waals surface area contributed by atoms with E-state index in [9.17, 15) is 39.6 Å². The van der Waals surface area contributed by atoms with Crippen molar-refractivity contribution in [1.82, 2.24) is 0 Å². The van der Waals surface area contributed by atoms with Crippen molar-refractivity contribution in [3.05, 3.63) is 49.4 Å². The van der Waals surface area contributed by atoms with Gasteiger partial charge in [0.15, 0.2) is 16.4 Å². The van der Waals surface area contributed by atoms with Gasteiger partial charge in [0.2, 0.25) is 5.76 Å². The second kappa shape index (κ2) is 5.48. The predicted molar refractivity (Wildman–Crippen MR) is 85.4 cm³/mol. The number of fused-ring (bicyclic) bond motifs is 2. The number of rotatable bonds is 2. The van der Waals surface area contributed by atoms with Crippen molar-refractivity contribution in [2.75, 3.05) is 0 Å². The summed E-state index contributed by atoms with van der Waals surface area (Å²) >= 11 is 0. The lowest BCUT2D eigenvalue weighted by molar-refractivity contribution is -0.132. The molecule has 0 aliphatic carbocycles. The molecule has 3 rings (SSSR count). The fourth-order valence-electron chi connectivity index (χ4n) is 2.65. The number of phenolic OH excluding ortho intramolecular Hbond substituents is 2. The number of carboxylic acid groups (broad SMARTS) is 2. The van der Waals surface area contributed by atoms with Crippen LogP contribution in [0.1, 0.15) is 10.4 Å². The Kier molecular flexibility index (Phi) is 3.53. The van der Waals surface area contributed by atoms with Crippen LogP contribution in [0.3, 0.4) is 0 Å². The van der Waals surface area contributed by atoms with E-state index in [0.29, 0.717) is 12.1 Å². The molecule has 3 aromatic rings. The summed E-state index contributed by atoms with van der Waals surface area (Å²) < 4.78 is 5.24. The standard InChI is InChI=1S/C16H8O10/c17-4-1-5(18)9-8(2-4)26-14-10(12(9)15(22)23)6(19)3-7(20)11(14)13(21)16(24)25/h1-3,18,20-21H,(H,22,23)(H,24,25). The summed E-state index contributed by atoms with van der Waals surface area (Å²) in [6, 6.07) is 2.02. The average Bonchev–Trinajstić information content (AvgIpc) is 2.52. The Balaban J connectivity index is 2.85. The van der Waals surface area contributed by atoms with E-state index in [1.54, 1.807) is 0 Å². The van der Waals surface area contributed by atoms with E-state index in [0.717, 1.165) is 6.07 Å². The minimum absolute atomic E-state index is 0.465. The van der Waals surface area contributed by atoms with E-state index >= 15 is 0 Å². The fourth-order valence-corrected chi connectivity index (χ4v) is 2.65. The maximum absolute atomic E-state index is 12.2. The smallest absolute Gasteiger partial charge is 0.371 e. The van der Waals surface area contributed by atoms with Crippen LogP contribution in [-0.2, 0) is 4.79 Å². The van der Waals surface area contributed by atoms with Gasteiger partial charge in [-0.1, -0.05) is 0 Å². The topological polar surface area (TPSA) is 183 Å². The molecule has 10 nitrogen and oxygen atoms in total. The Bertz CT molecular complexity index is 1300. The van der Waals surface area contributed by atoms with E-state index in [1.165, 1.54) is 0 Å². The highest BCUT2D eigenvalue weighted by Crippen LogP contribution is 2.31. The largest absolute Gasteiger partial charge is 0.507 e. The van der Waals surface area contributed by atoms with Crippen LogP contribution in [0.15, 0.2) is 32.2 Å². The Hall–Kier alpha value is -4.08. The molecule has 0 aliphatic heterocycles. The first-order chi connectivity index (χ1) is 12.1. The van der Waals surface area contributed by atoms with E-state index in [-0.39, 0.29) is 0 Å². The monoisotopic (exact) mass is 360 g/mol. The van der Waals surface area contributed by atoms with Crippen molar-refractivity contribution in [1.29, 1.82) is 0 Å². The van der Waals surface area contributed by atoms with Gasteiger partial charge in [-0.15, -0.1) is 0 Å². The third-order valence-electron chi connectivity index (χ3n) is 3.64. The highest BCUT2D eigenvalue weighted by atomic mass is 16.4. The van der Waals surface area contributed by atoms with Gasteiger partial charge in [0.1, 0.15) is 22.3 Å². The van der Waals surface area contributed by atoms with Gasteiger partial charge in [0.25, 0.3) is 0 Å². The molecule has 0 saturated carbocycles. The molecule has 0 saturated heterocycles. The van der Waals surface area contributed by atoms with Crippen molar-refractivity contribution in [2.24, 2.45) is 0 Å². The Labute approximate surface area is 141 Å². The number of aromatic carboxylic acids is 1. The first-order valence-electron chi connectivity index (χ1n) is 6.82. The SMILES string of the molecule is O=C(O)C(O)=c1c(O)cc(=O)c2c(C(=O)O)c3c(O)cc(=O)cc3oc12. The molecule has 1 aromatic heterocycles. The van der Waals surface area contributed by atoms with Crippen LogP contribution in [0.2, 0.25) is 0 Å². The van der Waals surface area contributed by atoms with E-state index in [4.69, 9.17) is 9.52 Å². The first-order valence-corrected chi connectivity index (χ1v) is 6.82. The zero-order valence-corrected chi connectivity index (χ0v) is 12.5. The summed E-state index contributed by atoms with van der Waals surface area (Å²) in [6.45, 7) is 0. The van der Waals surface area contributed by atoms with Gasteiger partial charge in [-0.3, -0.25) is 9.59 Å². The summed E-state index contributed by atoms with van der Waals surface area (Å²) in [4.78, 5) is 46.5. The van der Waals surface area contributed by atoms with Crippen LogP contribution in [0.4, 0.5) is 0 Å². The predicted octanol–water partition coefficient (Wildman–Crippen LogP) is -0.114. The summed E-state index contributed by atoms with van der Waals surface area (Å²) in [6.07, 6.45) is 0. The molecule has 0 bridgehead atoms. The molecule has 2 aromatic carbocycles. The molecular weight excluding hydrogens is 352 g/mol. The van der Waals surface area contributed by atoms with Crippen molar-refractivity contribution < 1.29 is 39.5 Å². The second-order valence-electron chi connectivity index (χ2n) is 5.22. The number of aromatic hydroxyl groups is 2. The zero-order chi connectivity index (χ0) is 19.3. The number of carboxylic acids is 2. The molecule has 0 radical (unpaired) electrons. The number of benzene rings is 2. The minimum Gasteiger partial charge on any atom is -0.507 e. The molecule has 0 unspecified atom stereocenters. The highest BCUT2D eigenvalue weighted by Gasteiger charge is 2.25. The number of hydrogen-bond donors (Lipinski definition) is 5. The lowest BCUT2D eigenvalue weighted by atomic mass is 10.0. The summed E-state index contributed by atoms with van der Waals surface area (Å²) in [5, 5.41) is 45.9.